The lowest BCUT2D eigenvalue weighted by molar-refractivity contribution is -0.134. The van der Waals surface area contributed by atoms with E-state index in [1.807, 2.05) is 6.92 Å². The number of alkyl halides is 1. The molecule has 2 atom stereocenters. The number of hydrogen-bond donors (Lipinski definition) is 2. The number of carbonyl (C=O) groups is 1. The number of oxime groups is 1. The van der Waals surface area contributed by atoms with Gasteiger partial charge in [0.25, 0.3) is 0 Å². The number of fused-ring (bicyclic) bond motifs is 1. The summed E-state index contributed by atoms with van der Waals surface area (Å²) in [6, 6.07) is 3.82. The number of methoxy groups -OCH3 is 1. The van der Waals surface area contributed by atoms with Gasteiger partial charge in [-0.15, -0.1) is 0 Å². The molecule has 3 rings (SSSR count). The zero-order valence-corrected chi connectivity index (χ0v) is 19.3. The van der Waals surface area contributed by atoms with Crippen LogP contribution in [0.15, 0.2) is 35.5 Å². The Bertz CT molecular complexity index is 1120. The molecule has 0 spiro atoms. The Morgan fingerprint density at radius 3 is 2.47 bits per heavy atom. The molecule has 0 unspecified atom stereocenters. The highest BCUT2D eigenvalue weighted by molar-refractivity contribution is 5.87. The fourth-order valence-corrected chi connectivity index (χ4v) is 4.33. The number of phenolic OH excluding ortho intramolecular Hbond substituents is 1. The Labute approximate surface area is 196 Å². The maximum absolute atomic E-state index is 15.4. The molecule has 2 aromatic rings. The lowest BCUT2D eigenvalue weighted by Crippen LogP contribution is -2.48. The predicted octanol–water partition coefficient (Wildman–Crippen LogP) is 4.75. The van der Waals surface area contributed by atoms with Crippen molar-refractivity contribution < 1.29 is 33.0 Å². The number of benzene rings is 2. The molecule has 2 aromatic carbocycles. The van der Waals surface area contributed by atoms with Gasteiger partial charge in [0, 0.05) is 29.8 Å². The maximum atomic E-state index is 15.4. The smallest absolute Gasteiger partial charge is 0.330 e. The number of carbonyl (C=O) groups excluding carboxylic acids is 1. The van der Waals surface area contributed by atoms with E-state index >= 15 is 8.78 Å². The third-order valence-corrected chi connectivity index (χ3v) is 5.74. The molecule has 0 radical (unpaired) electrons. The highest BCUT2D eigenvalue weighted by Gasteiger charge is 2.39. The highest BCUT2D eigenvalue weighted by Crippen LogP contribution is 2.43. The van der Waals surface area contributed by atoms with Crippen LogP contribution in [0, 0.1) is 11.6 Å². The fourth-order valence-electron chi connectivity index (χ4n) is 4.33. The normalized spacial score (nSPS) is 19.0. The average Bonchev–Trinajstić information content (AvgIpc) is 2.74. The van der Waals surface area contributed by atoms with E-state index in [0.717, 1.165) is 24.4 Å². The van der Waals surface area contributed by atoms with Crippen molar-refractivity contribution in [2.45, 2.75) is 44.9 Å². The summed E-state index contributed by atoms with van der Waals surface area (Å²) in [4.78, 5) is 13.0. The molecule has 0 aromatic heterocycles. The minimum Gasteiger partial charge on any atom is -0.507 e. The molecule has 0 fully saturated rings. The second-order valence-electron chi connectivity index (χ2n) is 8.96. The summed E-state index contributed by atoms with van der Waals surface area (Å²) in [5.41, 5.74) is -0.572. The largest absolute Gasteiger partial charge is 0.507 e. The summed E-state index contributed by atoms with van der Waals surface area (Å²) < 4.78 is 50.1. The van der Waals surface area contributed by atoms with Crippen LogP contribution in [-0.4, -0.2) is 52.8 Å². The van der Waals surface area contributed by atoms with Gasteiger partial charge in [0.2, 0.25) is 0 Å². The first kappa shape index (κ1) is 25.3. The first-order chi connectivity index (χ1) is 15.9. The van der Waals surface area contributed by atoms with E-state index in [1.54, 1.807) is 4.90 Å². The van der Waals surface area contributed by atoms with Gasteiger partial charge in [-0.2, -0.15) is 0 Å². The second-order valence-corrected chi connectivity index (χ2v) is 8.96. The first-order valence-corrected chi connectivity index (χ1v) is 10.7. The quantitative estimate of drug-likeness (QED) is 0.207. The summed E-state index contributed by atoms with van der Waals surface area (Å²) in [5.74, 6) is -2.57. The Morgan fingerprint density at radius 2 is 1.91 bits per heavy atom. The van der Waals surface area contributed by atoms with Gasteiger partial charge in [-0.25, -0.2) is 18.0 Å². The number of nitrogens with zero attached hydrogens (tertiary/aromatic N) is 2. The van der Waals surface area contributed by atoms with Crippen LogP contribution in [0.2, 0.25) is 0 Å². The van der Waals surface area contributed by atoms with Crippen LogP contribution < -0.4 is 0 Å². The van der Waals surface area contributed by atoms with E-state index in [9.17, 15) is 14.3 Å². The van der Waals surface area contributed by atoms with Crippen LogP contribution in [0.3, 0.4) is 0 Å². The van der Waals surface area contributed by atoms with E-state index in [2.05, 4.69) is 9.89 Å². The number of halogens is 3. The van der Waals surface area contributed by atoms with Gasteiger partial charge in [0.05, 0.1) is 19.4 Å². The monoisotopic (exact) mass is 476 g/mol. The Morgan fingerprint density at radius 1 is 1.26 bits per heavy atom. The number of hydrogen-bond acceptors (Lipinski definition) is 6. The Hall–Kier alpha value is -3.33. The number of esters is 1. The molecule has 1 aliphatic rings. The molecule has 34 heavy (non-hydrogen) atoms. The van der Waals surface area contributed by atoms with Crippen LogP contribution in [0.4, 0.5) is 13.2 Å². The van der Waals surface area contributed by atoms with Crippen LogP contribution >= 0.6 is 0 Å². The van der Waals surface area contributed by atoms with Crippen LogP contribution in [0.5, 0.6) is 5.75 Å². The molecule has 0 bridgehead atoms. The van der Waals surface area contributed by atoms with Crippen molar-refractivity contribution in [2.24, 2.45) is 5.16 Å². The van der Waals surface area contributed by atoms with Crippen molar-refractivity contribution in [2.75, 3.05) is 13.7 Å². The van der Waals surface area contributed by atoms with Crippen molar-refractivity contribution in [3.63, 3.8) is 0 Å². The van der Waals surface area contributed by atoms with Gasteiger partial charge in [0.1, 0.15) is 23.1 Å². The second kappa shape index (κ2) is 9.89. The molecule has 1 aliphatic heterocycles. The van der Waals surface area contributed by atoms with Crippen molar-refractivity contribution in [3.05, 3.63) is 69.8 Å². The van der Waals surface area contributed by atoms with Crippen LogP contribution in [-0.2, 0) is 16.0 Å². The molecule has 2 N–H and O–H groups in total. The molecule has 0 amide bonds. The number of ether oxygens (including phenoxy) is 1. The standard InChI is InChI=1S/C25H27F3N2O4/c1-14-7-16-11-21(31)17(12-29-33)10-18(16)24(30(14)13-25(2,3)28)23-19(26)8-15(9-20(23)27)5-6-22(32)34-4/h5-6,8-12,14,24,31,33H,7,13H2,1-4H3/b6-5+,29-12?/t14-,24+/m0/s1. The Kier molecular flexibility index (Phi) is 7.35. The van der Waals surface area contributed by atoms with Gasteiger partial charge >= 0.3 is 5.97 Å². The average molecular weight is 476 g/mol. The molecule has 1 heterocycles. The molecule has 182 valence electrons. The third kappa shape index (κ3) is 5.41. The van der Waals surface area contributed by atoms with Gasteiger partial charge in [-0.1, -0.05) is 5.16 Å². The molecule has 0 aliphatic carbocycles. The van der Waals surface area contributed by atoms with Crippen LogP contribution in [0.1, 0.15) is 54.6 Å². The topological polar surface area (TPSA) is 82.4 Å². The fraction of sp³-hybridized carbons (Fsp3) is 0.360. The SMILES string of the molecule is COC(=O)/C=C/c1cc(F)c([C@H]2c3cc(C=NO)c(O)cc3C[C@H](C)N2CC(C)(C)F)c(F)c1. The van der Waals surface area contributed by atoms with Crippen LogP contribution in [0.25, 0.3) is 6.08 Å². The number of phenols is 1. The van der Waals surface area contributed by atoms with E-state index in [1.165, 1.54) is 39.2 Å². The van der Waals surface area contributed by atoms with Gasteiger partial charge in [-0.05, 0) is 74.2 Å². The zero-order chi connectivity index (χ0) is 25.2. The minimum atomic E-state index is -1.66. The van der Waals surface area contributed by atoms with Gasteiger partial charge < -0.3 is 15.1 Å². The first-order valence-electron chi connectivity index (χ1n) is 10.7. The zero-order valence-electron chi connectivity index (χ0n) is 19.3. The molecule has 0 saturated carbocycles. The third-order valence-electron chi connectivity index (χ3n) is 5.74. The van der Waals surface area contributed by atoms with Crippen molar-refractivity contribution in [3.8, 4) is 5.75 Å². The summed E-state index contributed by atoms with van der Waals surface area (Å²) in [6.45, 7) is 4.50. The van der Waals surface area contributed by atoms with Crippen molar-refractivity contribution in [1.82, 2.24) is 4.90 Å². The summed E-state index contributed by atoms with van der Waals surface area (Å²) in [5, 5.41) is 22.2. The highest BCUT2D eigenvalue weighted by atomic mass is 19.1. The summed E-state index contributed by atoms with van der Waals surface area (Å²) in [7, 11) is 1.19. The van der Waals surface area contributed by atoms with Gasteiger partial charge in [0.15, 0.2) is 0 Å². The van der Waals surface area contributed by atoms with E-state index in [4.69, 9.17) is 5.21 Å². The van der Waals surface area contributed by atoms with Crippen molar-refractivity contribution >= 4 is 18.3 Å². The van der Waals surface area contributed by atoms with Gasteiger partial charge in [-0.3, -0.25) is 4.90 Å². The van der Waals surface area contributed by atoms with E-state index in [-0.39, 0.29) is 35.0 Å². The summed E-state index contributed by atoms with van der Waals surface area (Å²) >= 11 is 0. The van der Waals surface area contributed by atoms with E-state index in [0.29, 0.717) is 17.5 Å². The molecule has 6 nitrogen and oxygen atoms in total. The molecule has 0 saturated heterocycles. The Balaban J connectivity index is 2.22. The number of rotatable bonds is 6. The number of aromatic hydroxyl groups is 1. The molecular formula is C25H27F3N2O4. The van der Waals surface area contributed by atoms with E-state index < -0.39 is 29.3 Å². The minimum absolute atomic E-state index is 0.106. The maximum Gasteiger partial charge on any atom is 0.330 e. The predicted molar refractivity (Wildman–Crippen MR) is 122 cm³/mol. The lowest BCUT2D eigenvalue weighted by Gasteiger charge is -2.44. The summed E-state index contributed by atoms with van der Waals surface area (Å²) in [6.07, 6.45) is 3.71. The lowest BCUT2D eigenvalue weighted by atomic mass is 9.82. The molecular weight excluding hydrogens is 449 g/mol. The van der Waals surface area contributed by atoms with Crippen molar-refractivity contribution in [1.29, 1.82) is 0 Å². The molecule has 9 heteroatoms.